The molecular weight excluding hydrogens is 1130 g/mol. The van der Waals surface area contributed by atoms with Crippen LogP contribution in [0.5, 0.6) is 0 Å². The quantitative estimate of drug-likeness (QED) is 0.0739. The number of carbonyl (C=O) groups is 4. The predicted molar refractivity (Wildman–Crippen MR) is 284 cm³/mol. The molecule has 10 rings (SSSR count). The van der Waals surface area contributed by atoms with E-state index in [2.05, 4.69) is 72.7 Å². The summed E-state index contributed by atoms with van der Waals surface area (Å²) in [7, 11) is 1.50. The number of nitrogens with one attached hydrogen (secondary N) is 3. The second kappa shape index (κ2) is 24.7. The molecule has 2 aromatic heterocycles. The highest BCUT2D eigenvalue weighted by molar-refractivity contribution is 14.1. The summed E-state index contributed by atoms with van der Waals surface area (Å²) in [5, 5.41) is 18.0. The SMILES string of the molecule is CC(F)(F)C(=O)N[C@H]1CC(=O)N(c2ccc3c(cnn3CC3CCC(F)(F)CC3)c2)C1c1ccccc1.CC(F)(F)C(=O)N[C@H]1CC(=O)NC1c1ccccc1.CN.FC1(F)CCC(Cn2ncc3cc(I)ccc32)CC1. The molecule has 4 atom stereocenters. The van der Waals surface area contributed by atoms with Crippen LogP contribution in [0.15, 0.2) is 109 Å². The monoisotopic (exact) mass is 1190 g/mol. The second-order valence-electron chi connectivity index (χ2n) is 20.1. The summed E-state index contributed by atoms with van der Waals surface area (Å²) in [5.41, 5.74) is 8.46. The minimum atomic E-state index is -3.57. The van der Waals surface area contributed by atoms with Crippen molar-refractivity contribution < 1.29 is 54.3 Å². The van der Waals surface area contributed by atoms with Crippen molar-refractivity contribution in [1.29, 1.82) is 0 Å². The van der Waals surface area contributed by atoms with E-state index in [1.807, 2.05) is 29.1 Å². The Morgan fingerprint density at radius 1 is 0.662 bits per heavy atom. The lowest BCUT2D eigenvalue weighted by Gasteiger charge is -2.30. The standard InChI is InChI=1S/C27H28F4N4O2.C14H15F2IN2.C13H14F2N2O2.CH5N/c1-26(28,29)25(37)33-21-14-23(36)35(24(21)18-5-3-2-4-6-18)20-7-8-22-19(13-20)15-32-34(22)16-17-9-11-27(30,31)12-10-17;15-14(16)5-3-10(4-6-14)9-19-13-2-1-12(17)7-11(13)8-18-19;1-13(14,15)12(19)16-9-7-10(18)17-11(9)8-5-3-2-4-6-8;1-2/h2-8,13,15,17,21,24H,9-12,14,16H2,1H3,(H,33,37);1-2,7-8,10H,3-6,9H2;2-6,9,11H,7H2,1H3,(H,16,19)(H,17,18);2H2,1H3/t21-,24?;;9-,11?;/m0.0./s1. The number of nitrogens with two attached hydrogens (primary N) is 1. The summed E-state index contributed by atoms with van der Waals surface area (Å²) >= 11 is 2.28. The van der Waals surface area contributed by atoms with Gasteiger partial charge in [-0.25, -0.2) is 17.6 Å². The zero-order chi connectivity index (χ0) is 55.9. The van der Waals surface area contributed by atoms with Gasteiger partial charge in [-0.1, -0.05) is 60.7 Å². The first kappa shape index (κ1) is 58.5. The fourth-order valence-electron chi connectivity index (χ4n) is 10.2. The number of fused-ring (bicyclic) bond motifs is 2. The van der Waals surface area contributed by atoms with Gasteiger partial charge in [0.2, 0.25) is 23.7 Å². The molecule has 0 bridgehead atoms. The molecular formula is C55H62F8IN9O4. The van der Waals surface area contributed by atoms with Crippen LogP contribution < -0.4 is 26.6 Å². The molecule has 2 unspecified atom stereocenters. The number of hydrogen-bond donors (Lipinski definition) is 4. The third-order valence-electron chi connectivity index (χ3n) is 14.2. The number of alkyl halides is 8. The average molecular weight is 1190 g/mol. The van der Waals surface area contributed by atoms with E-state index in [1.54, 1.807) is 71.5 Å². The molecule has 0 radical (unpaired) electrons. The highest BCUT2D eigenvalue weighted by Gasteiger charge is 2.46. The van der Waals surface area contributed by atoms with Crippen LogP contribution in [0.25, 0.3) is 21.8 Å². The Balaban J connectivity index is 0.000000181. The van der Waals surface area contributed by atoms with Crippen molar-refractivity contribution in [3.63, 3.8) is 0 Å². The second-order valence-corrected chi connectivity index (χ2v) is 21.4. The number of amides is 4. The Labute approximate surface area is 454 Å². The molecule has 77 heavy (non-hydrogen) atoms. The minimum Gasteiger partial charge on any atom is -0.347 e. The molecule has 2 aliphatic heterocycles. The molecule has 4 amide bonds. The van der Waals surface area contributed by atoms with Gasteiger partial charge in [-0.3, -0.25) is 28.5 Å². The largest absolute Gasteiger partial charge is 0.347 e. The zero-order valence-corrected chi connectivity index (χ0v) is 44.8. The first-order chi connectivity index (χ1) is 36.4. The number of benzene rings is 4. The summed E-state index contributed by atoms with van der Waals surface area (Å²) in [6.07, 6.45) is 5.31. The van der Waals surface area contributed by atoms with Gasteiger partial charge in [0.05, 0.1) is 47.6 Å². The number of halogens is 9. The first-order valence-electron chi connectivity index (χ1n) is 25.4. The molecule has 4 fully saturated rings. The smallest absolute Gasteiger partial charge is 0.321 e. The molecule has 5 N–H and O–H groups in total. The van der Waals surface area contributed by atoms with E-state index in [0.717, 1.165) is 33.9 Å². The van der Waals surface area contributed by atoms with Crippen molar-refractivity contribution in [2.45, 2.75) is 139 Å². The lowest BCUT2D eigenvalue weighted by molar-refractivity contribution is -0.144. The fourth-order valence-corrected chi connectivity index (χ4v) is 10.7. The Hall–Kier alpha value is -6.17. The van der Waals surface area contributed by atoms with Crippen molar-refractivity contribution in [2.75, 3.05) is 11.9 Å². The predicted octanol–water partition coefficient (Wildman–Crippen LogP) is 10.9. The molecule has 2 saturated heterocycles. The maximum absolute atomic E-state index is 13.6. The van der Waals surface area contributed by atoms with Crippen LogP contribution in [-0.2, 0) is 32.3 Å². The first-order valence-corrected chi connectivity index (χ1v) is 26.5. The third kappa shape index (κ3) is 15.1. The summed E-state index contributed by atoms with van der Waals surface area (Å²) in [4.78, 5) is 49.5. The average Bonchev–Trinajstić information content (AvgIpc) is 4.18. The van der Waals surface area contributed by atoms with Crippen molar-refractivity contribution >= 4 is 73.7 Å². The van der Waals surface area contributed by atoms with Gasteiger partial charge < -0.3 is 26.6 Å². The molecule has 4 heterocycles. The van der Waals surface area contributed by atoms with Gasteiger partial charge in [0.25, 0.3) is 11.8 Å². The molecule has 0 spiro atoms. The van der Waals surface area contributed by atoms with Crippen molar-refractivity contribution in [2.24, 2.45) is 17.6 Å². The summed E-state index contributed by atoms with van der Waals surface area (Å²) < 4.78 is 111. The topological polar surface area (TPSA) is 169 Å². The minimum absolute atomic E-state index is 0.00137. The molecule has 2 aliphatic carbocycles. The van der Waals surface area contributed by atoms with E-state index in [1.165, 1.54) is 15.5 Å². The Morgan fingerprint density at radius 2 is 1.12 bits per heavy atom. The zero-order valence-electron chi connectivity index (χ0n) is 42.7. The van der Waals surface area contributed by atoms with Gasteiger partial charge in [0.1, 0.15) is 0 Å². The molecule has 13 nitrogen and oxygen atoms in total. The molecule has 4 aliphatic rings. The van der Waals surface area contributed by atoms with Crippen molar-refractivity contribution in [1.82, 2.24) is 35.5 Å². The van der Waals surface area contributed by atoms with E-state index in [9.17, 15) is 54.3 Å². The maximum Gasteiger partial charge on any atom is 0.321 e. The van der Waals surface area contributed by atoms with Crippen LogP contribution in [0.1, 0.15) is 101 Å². The van der Waals surface area contributed by atoms with E-state index in [4.69, 9.17) is 0 Å². The van der Waals surface area contributed by atoms with Crippen LogP contribution in [0.2, 0.25) is 0 Å². The Morgan fingerprint density at radius 3 is 1.61 bits per heavy atom. The Kier molecular flexibility index (Phi) is 18.7. The highest BCUT2D eigenvalue weighted by Crippen LogP contribution is 2.41. The van der Waals surface area contributed by atoms with Gasteiger partial charge in [0, 0.05) is 85.5 Å². The van der Waals surface area contributed by atoms with Crippen molar-refractivity contribution in [3.05, 3.63) is 124 Å². The highest BCUT2D eigenvalue weighted by atomic mass is 127. The lowest BCUT2D eigenvalue weighted by atomic mass is 9.87. The van der Waals surface area contributed by atoms with Gasteiger partial charge in [-0.05, 0) is 115 Å². The normalized spacial score (nSPS) is 21.5. The number of rotatable bonds is 11. The van der Waals surface area contributed by atoms with Crippen LogP contribution in [0.4, 0.5) is 40.8 Å². The van der Waals surface area contributed by atoms with E-state index >= 15 is 0 Å². The van der Waals surface area contributed by atoms with Crippen LogP contribution in [0, 0.1) is 15.4 Å². The van der Waals surface area contributed by atoms with E-state index < -0.39 is 59.7 Å². The lowest BCUT2D eigenvalue weighted by Crippen LogP contribution is -2.46. The van der Waals surface area contributed by atoms with Gasteiger partial charge in [0.15, 0.2) is 0 Å². The van der Waals surface area contributed by atoms with Crippen LogP contribution in [0.3, 0.4) is 0 Å². The van der Waals surface area contributed by atoms with E-state index in [0.29, 0.717) is 63.2 Å². The van der Waals surface area contributed by atoms with Gasteiger partial charge >= 0.3 is 11.8 Å². The summed E-state index contributed by atoms with van der Waals surface area (Å²) in [6.45, 7) is 2.34. The molecule has 22 heteroatoms. The number of nitrogens with zero attached hydrogens (tertiary/aromatic N) is 5. The number of carbonyl (C=O) groups excluding carboxylic acids is 4. The third-order valence-corrected chi connectivity index (χ3v) is 14.9. The molecule has 2 saturated carbocycles. The maximum atomic E-state index is 13.6. The summed E-state index contributed by atoms with van der Waals surface area (Å²) in [6, 6.07) is 26.9. The van der Waals surface area contributed by atoms with Crippen LogP contribution >= 0.6 is 22.6 Å². The molecule has 4 aromatic carbocycles. The number of anilines is 1. The van der Waals surface area contributed by atoms with E-state index in [-0.39, 0.29) is 56.3 Å². The van der Waals surface area contributed by atoms with Crippen LogP contribution in [-0.4, -0.2) is 86.0 Å². The summed E-state index contributed by atoms with van der Waals surface area (Å²) in [5.74, 6) is -15.0. The Bertz CT molecular complexity index is 2970. The molecule has 414 valence electrons. The number of hydrogen-bond acceptors (Lipinski definition) is 7. The van der Waals surface area contributed by atoms with Gasteiger partial charge in [-0.15, -0.1) is 0 Å². The fraction of sp³-hybridized carbons (Fsp3) is 0.455. The van der Waals surface area contributed by atoms with Gasteiger partial charge in [-0.2, -0.15) is 27.8 Å². The van der Waals surface area contributed by atoms with Crippen molar-refractivity contribution in [3.8, 4) is 0 Å². The molecule has 6 aromatic rings. The number of aromatic nitrogens is 4.